The van der Waals surface area contributed by atoms with Crippen LogP contribution in [0.4, 0.5) is 5.69 Å². The van der Waals surface area contributed by atoms with E-state index in [-0.39, 0.29) is 12.1 Å². The number of methoxy groups -OCH3 is 1. The number of pyridine rings is 1. The quantitative estimate of drug-likeness (QED) is 0.271. The molecule has 1 aliphatic heterocycles. The zero-order valence-corrected chi connectivity index (χ0v) is 21.6. The van der Waals surface area contributed by atoms with Gasteiger partial charge < -0.3 is 24.3 Å². The molecule has 1 saturated heterocycles. The molecule has 0 bridgehead atoms. The molecule has 6 nitrogen and oxygen atoms in total. The Hall–Kier alpha value is -3.84. The molecule has 1 aliphatic carbocycles. The average molecular weight is 511 g/mol. The van der Waals surface area contributed by atoms with Gasteiger partial charge in [0.25, 0.3) is 0 Å². The van der Waals surface area contributed by atoms with E-state index in [1.807, 2.05) is 54.7 Å². The Morgan fingerprint density at radius 3 is 2.27 bits per heavy atom. The summed E-state index contributed by atoms with van der Waals surface area (Å²) in [5.41, 5.74) is 3.22. The zero-order valence-electron chi connectivity index (χ0n) is 20.8. The molecular weight excluding hydrogens is 480 g/mol. The third-order valence-corrected chi connectivity index (χ3v) is 7.65. The predicted molar refractivity (Wildman–Crippen MR) is 149 cm³/mol. The number of ether oxygens (including phenoxy) is 2. The summed E-state index contributed by atoms with van der Waals surface area (Å²) in [4.78, 5) is 6.88. The summed E-state index contributed by atoms with van der Waals surface area (Å²) in [6, 6.07) is 24.5. The fraction of sp³-hybridized carbons (Fsp3) is 0.267. The molecule has 1 N–H and O–H groups in total. The smallest absolute Gasteiger partial charge is 0.174 e. The molecule has 0 amide bonds. The van der Waals surface area contributed by atoms with E-state index in [0.717, 1.165) is 28.6 Å². The fourth-order valence-electron chi connectivity index (χ4n) is 5.46. The molecule has 2 aromatic heterocycles. The van der Waals surface area contributed by atoms with E-state index in [4.69, 9.17) is 21.7 Å². The number of benzene rings is 2. The van der Waals surface area contributed by atoms with Crippen molar-refractivity contribution in [2.45, 2.75) is 43.8 Å². The Kier molecular flexibility index (Phi) is 6.53. The Morgan fingerprint density at radius 2 is 1.59 bits per heavy atom. The van der Waals surface area contributed by atoms with Gasteiger partial charge in [-0.1, -0.05) is 18.9 Å². The third-order valence-electron chi connectivity index (χ3n) is 7.33. The number of thiocarbonyl (C=S) groups is 1. The molecule has 188 valence electrons. The van der Waals surface area contributed by atoms with Crippen LogP contribution in [0.3, 0.4) is 0 Å². The summed E-state index contributed by atoms with van der Waals surface area (Å²) in [6.07, 6.45) is 11.5. The average Bonchev–Trinajstić information content (AvgIpc) is 3.70. The predicted octanol–water partition coefficient (Wildman–Crippen LogP) is 6.98. The standard InChI is InChI=1S/C30H30N4O2S/c1-35-24-13-15-26(16-14-24)36-25-11-9-23(10-12-25)34-29(21-17-19-33(20-21)22-6-2-3-7-22)28(32-30(34)37)27-8-4-5-18-31-27/h4-5,8-20,22,28-29H,2-3,6-7H2,1H3,(H,32,37). The zero-order chi connectivity index (χ0) is 25.2. The van der Waals surface area contributed by atoms with Crippen molar-refractivity contribution in [3.8, 4) is 17.2 Å². The van der Waals surface area contributed by atoms with Gasteiger partial charge in [-0.15, -0.1) is 0 Å². The number of nitrogens with one attached hydrogen (secondary N) is 1. The highest BCUT2D eigenvalue weighted by atomic mass is 32.1. The van der Waals surface area contributed by atoms with Crippen LogP contribution in [0.2, 0.25) is 0 Å². The minimum atomic E-state index is -0.0525. The van der Waals surface area contributed by atoms with Gasteiger partial charge in [-0.2, -0.15) is 0 Å². The van der Waals surface area contributed by atoms with Crippen molar-refractivity contribution in [3.63, 3.8) is 0 Å². The highest BCUT2D eigenvalue weighted by Crippen LogP contribution is 2.43. The molecule has 4 aromatic rings. The maximum atomic E-state index is 6.05. The third kappa shape index (κ3) is 4.79. The summed E-state index contributed by atoms with van der Waals surface area (Å²) in [7, 11) is 1.65. The van der Waals surface area contributed by atoms with Gasteiger partial charge in [-0.25, -0.2) is 0 Å². The van der Waals surface area contributed by atoms with Crippen molar-refractivity contribution < 1.29 is 9.47 Å². The molecule has 2 aliphatic rings. The maximum absolute atomic E-state index is 6.05. The van der Waals surface area contributed by atoms with E-state index in [1.165, 1.54) is 31.2 Å². The fourth-order valence-corrected chi connectivity index (χ4v) is 5.81. The SMILES string of the molecule is COc1ccc(Oc2ccc(N3C(=S)NC(c4ccccn4)C3c3ccn(C4CCCC4)c3)cc2)cc1. The van der Waals surface area contributed by atoms with Crippen LogP contribution in [0.15, 0.2) is 91.4 Å². The summed E-state index contributed by atoms with van der Waals surface area (Å²) >= 11 is 5.89. The maximum Gasteiger partial charge on any atom is 0.174 e. The Bertz CT molecular complexity index is 1350. The van der Waals surface area contributed by atoms with Crippen molar-refractivity contribution >= 4 is 23.0 Å². The first-order chi connectivity index (χ1) is 18.2. The first-order valence-electron chi connectivity index (χ1n) is 12.8. The van der Waals surface area contributed by atoms with E-state index < -0.39 is 0 Å². The van der Waals surface area contributed by atoms with Gasteiger partial charge >= 0.3 is 0 Å². The number of nitrogens with zero attached hydrogens (tertiary/aromatic N) is 3. The van der Waals surface area contributed by atoms with E-state index in [0.29, 0.717) is 11.2 Å². The number of rotatable bonds is 7. The number of hydrogen-bond donors (Lipinski definition) is 1. The molecule has 2 unspecified atom stereocenters. The number of hydrogen-bond acceptors (Lipinski definition) is 4. The minimum absolute atomic E-state index is 0.0154. The van der Waals surface area contributed by atoms with Crippen LogP contribution in [-0.2, 0) is 0 Å². The number of aromatic nitrogens is 2. The molecular formula is C30H30N4O2S. The van der Waals surface area contributed by atoms with Crippen LogP contribution >= 0.6 is 12.2 Å². The van der Waals surface area contributed by atoms with Gasteiger partial charge in [0.1, 0.15) is 17.2 Å². The van der Waals surface area contributed by atoms with E-state index >= 15 is 0 Å². The van der Waals surface area contributed by atoms with Gasteiger partial charge in [0.05, 0.1) is 24.9 Å². The monoisotopic (exact) mass is 510 g/mol. The second-order valence-corrected chi connectivity index (χ2v) is 9.99. The Morgan fingerprint density at radius 1 is 0.892 bits per heavy atom. The summed E-state index contributed by atoms with van der Waals surface area (Å²) in [5, 5.41) is 4.25. The molecule has 1 saturated carbocycles. The lowest BCUT2D eigenvalue weighted by atomic mass is 9.98. The van der Waals surface area contributed by atoms with Gasteiger partial charge in [0.15, 0.2) is 5.11 Å². The van der Waals surface area contributed by atoms with Crippen molar-refractivity contribution in [3.05, 3.63) is 103 Å². The second kappa shape index (κ2) is 10.3. The highest BCUT2D eigenvalue weighted by molar-refractivity contribution is 7.80. The van der Waals surface area contributed by atoms with E-state index in [1.54, 1.807) is 7.11 Å². The van der Waals surface area contributed by atoms with Gasteiger partial charge in [0, 0.05) is 30.3 Å². The molecule has 0 radical (unpaired) electrons. The molecule has 2 aromatic carbocycles. The van der Waals surface area contributed by atoms with Crippen molar-refractivity contribution in [2.75, 3.05) is 12.0 Å². The van der Waals surface area contributed by atoms with Crippen LogP contribution in [0.25, 0.3) is 0 Å². The molecule has 37 heavy (non-hydrogen) atoms. The molecule has 6 rings (SSSR count). The Labute approximate surface area is 222 Å². The van der Waals surface area contributed by atoms with E-state index in [9.17, 15) is 0 Å². The van der Waals surface area contributed by atoms with Crippen LogP contribution in [0.1, 0.15) is 55.1 Å². The van der Waals surface area contributed by atoms with Crippen LogP contribution < -0.4 is 19.7 Å². The summed E-state index contributed by atoms with van der Waals surface area (Å²) < 4.78 is 13.7. The van der Waals surface area contributed by atoms with Crippen molar-refractivity contribution in [1.82, 2.24) is 14.9 Å². The van der Waals surface area contributed by atoms with Gasteiger partial charge in [-0.05, 0) is 97.4 Å². The summed E-state index contributed by atoms with van der Waals surface area (Å²) in [6.45, 7) is 0. The lowest BCUT2D eigenvalue weighted by molar-refractivity contribution is 0.413. The van der Waals surface area contributed by atoms with E-state index in [2.05, 4.69) is 56.4 Å². The second-order valence-electron chi connectivity index (χ2n) is 9.60. The van der Waals surface area contributed by atoms with Gasteiger partial charge in [-0.3, -0.25) is 4.98 Å². The molecule has 0 spiro atoms. The summed E-state index contributed by atoms with van der Waals surface area (Å²) in [5.74, 6) is 2.32. The van der Waals surface area contributed by atoms with Crippen molar-refractivity contribution in [2.24, 2.45) is 0 Å². The van der Waals surface area contributed by atoms with Crippen molar-refractivity contribution in [1.29, 1.82) is 0 Å². The molecule has 7 heteroatoms. The molecule has 2 fully saturated rings. The van der Waals surface area contributed by atoms with Crippen LogP contribution in [0, 0.1) is 0 Å². The van der Waals surface area contributed by atoms with Gasteiger partial charge in [0.2, 0.25) is 0 Å². The van der Waals surface area contributed by atoms with Crippen LogP contribution in [0.5, 0.6) is 17.2 Å². The largest absolute Gasteiger partial charge is 0.497 e. The normalized spacial score (nSPS) is 19.7. The topological polar surface area (TPSA) is 51.6 Å². The first kappa shape index (κ1) is 23.6. The first-order valence-corrected chi connectivity index (χ1v) is 13.2. The molecule has 2 atom stereocenters. The lowest BCUT2D eigenvalue weighted by Gasteiger charge is -2.27. The minimum Gasteiger partial charge on any atom is -0.497 e. The number of anilines is 1. The lowest BCUT2D eigenvalue weighted by Crippen LogP contribution is -2.29. The highest BCUT2D eigenvalue weighted by Gasteiger charge is 2.41. The molecule has 3 heterocycles. The van der Waals surface area contributed by atoms with Crippen LogP contribution in [-0.4, -0.2) is 21.8 Å². The Balaban J connectivity index is 1.30.